The minimum atomic E-state index is -0.321. The summed E-state index contributed by atoms with van der Waals surface area (Å²) in [7, 11) is 1.44. The first kappa shape index (κ1) is 9.00. The third-order valence-electron chi connectivity index (χ3n) is 3.90. The largest absolute Gasteiger partial charge is 0.469 e. The maximum Gasteiger partial charge on any atom is 0.311 e. The highest BCUT2D eigenvalue weighted by molar-refractivity contribution is 5.77. The van der Waals surface area contributed by atoms with Gasteiger partial charge in [0, 0.05) is 0 Å². The Morgan fingerprint density at radius 1 is 1.54 bits per heavy atom. The molecule has 0 aromatic rings. The first-order chi connectivity index (χ1) is 6.08. The first-order valence-electron chi connectivity index (χ1n) is 4.84. The summed E-state index contributed by atoms with van der Waals surface area (Å²) in [5.74, 6) is 0.556. The van der Waals surface area contributed by atoms with E-state index in [0.29, 0.717) is 11.8 Å². The van der Waals surface area contributed by atoms with Gasteiger partial charge < -0.3 is 9.84 Å². The van der Waals surface area contributed by atoms with Crippen LogP contribution in [0.25, 0.3) is 0 Å². The summed E-state index contributed by atoms with van der Waals surface area (Å²) in [5, 5.41) is 9.55. The minimum absolute atomic E-state index is 0.105. The number of fused-ring (bicyclic) bond motifs is 2. The van der Waals surface area contributed by atoms with Gasteiger partial charge in [0.1, 0.15) is 0 Å². The van der Waals surface area contributed by atoms with Gasteiger partial charge in [0.05, 0.1) is 18.6 Å². The van der Waals surface area contributed by atoms with Crippen LogP contribution in [-0.2, 0) is 9.53 Å². The molecule has 3 nitrogen and oxygen atoms in total. The smallest absolute Gasteiger partial charge is 0.311 e. The number of carbonyl (C=O) groups excluding carboxylic acids is 1. The second-order valence-corrected chi connectivity index (χ2v) is 4.61. The molecule has 0 heterocycles. The molecule has 4 unspecified atom stereocenters. The van der Waals surface area contributed by atoms with Crippen LogP contribution in [0.3, 0.4) is 0 Å². The second kappa shape index (κ2) is 2.71. The summed E-state index contributed by atoms with van der Waals surface area (Å²) in [4.78, 5) is 11.5. The molecule has 0 amide bonds. The van der Waals surface area contributed by atoms with Crippen molar-refractivity contribution in [2.45, 2.75) is 32.3 Å². The van der Waals surface area contributed by atoms with E-state index in [1.165, 1.54) is 7.11 Å². The first-order valence-corrected chi connectivity index (χ1v) is 4.84. The number of aliphatic hydroxyl groups is 1. The molecular weight excluding hydrogens is 168 g/mol. The van der Waals surface area contributed by atoms with E-state index in [-0.39, 0.29) is 17.5 Å². The van der Waals surface area contributed by atoms with E-state index < -0.39 is 0 Å². The zero-order chi connectivity index (χ0) is 9.64. The van der Waals surface area contributed by atoms with Gasteiger partial charge in [0.15, 0.2) is 0 Å². The number of hydrogen-bond donors (Lipinski definition) is 1. The molecule has 2 rings (SSSR count). The average Bonchev–Trinajstić information content (AvgIpc) is 2.60. The van der Waals surface area contributed by atoms with Crippen molar-refractivity contribution in [3.63, 3.8) is 0 Å². The Morgan fingerprint density at radius 2 is 2.23 bits per heavy atom. The molecule has 13 heavy (non-hydrogen) atoms. The number of methoxy groups -OCH3 is 1. The van der Waals surface area contributed by atoms with Crippen molar-refractivity contribution >= 4 is 5.97 Å². The molecular formula is C10H16O3. The molecule has 3 heteroatoms. The summed E-state index contributed by atoms with van der Waals surface area (Å²) in [6.45, 7) is 1.97. The van der Waals surface area contributed by atoms with Gasteiger partial charge in [-0.05, 0) is 38.0 Å². The maximum atomic E-state index is 11.5. The normalized spacial score (nSPS) is 48.1. The van der Waals surface area contributed by atoms with Gasteiger partial charge >= 0.3 is 5.97 Å². The van der Waals surface area contributed by atoms with Crippen molar-refractivity contribution < 1.29 is 14.6 Å². The van der Waals surface area contributed by atoms with Gasteiger partial charge in [-0.25, -0.2) is 0 Å². The third-order valence-corrected chi connectivity index (χ3v) is 3.90. The Hall–Kier alpha value is -0.570. The highest BCUT2D eigenvalue weighted by atomic mass is 16.5. The highest BCUT2D eigenvalue weighted by Crippen LogP contribution is 2.56. The fraction of sp³-hybridized carbons (Fsp3) is 0.900. The maximum absolute atomic E-state index is 11.5. The molecule has 0 aromatic carbocycles. The molecule has 0 saturated heterocycles. The van der Waals surface area contributed by atoms with Crippen LogP contribution in [0.5, 0.6) is 0 Å². The Bertz CT molecular complexity index is 236. The topological polar surface area (TPSA) is 46.5 Å². The zero-order valence-electron chi connectivity index (χ0n) is 8.12. The number of aliphatic hydroxyl groups excluding tert-OH is 1. The quantitative estimate of drug-likeness (QED) is 0.617. The minimum Gasteiger partial charge on any atom is -0.469 e. The summed E-state index contributed by atoms with van der Waals surface area (Å²) >= 11 is 0. The SMILES string of the molecule is COC(=O)C1(C)CC2CC1CC2O. The molecule has 2 saturated carbocycles. The Kier molecular flexibility index (Phi) is 1.88. The fourth-order valence-electron chi connectivity index (χ4n) is 3.04. The van der Waals surface area contributed by atoms with Crippen LogP contribution in [0.2, 0.25) is 0 Å². The van der Waals surface area contributed by atoms with Gasteiger partial charge in [-0.3, -0.25) is 4.79 Å². The lowest BCUT2D eigenvalue weighted by Crippen LogP contribution is -2.37. The van der Waals surface area contributed by atoms with Crippen LogP contribution in [-0.4, -0.2) is 24.3 Å². The van der Waals surface area contributed by atoms with E-state index in [1.54, 1.807) is 0 Å². The number of hydrogen-bond acceptors (Lipinski definition) is 3. The second-order valence-electron chi connectivity index (χ2n) is 4.61. The number of esters is 1. The van der Waals surface area contributed by atoms with Crippen molar-refractivity contribution in [1.82, 2.24) is 0 Å². The molecule has 2 aliphatic carbocycles. The summed E-state index contributed by atoms with van der Waals surface area (Å²) < 4.78 is 4.80. The van der Waals surface area contributed by atoms with Crippen LogP contribution in [0.1, 0.15) is 26.2 Å². The molecule has 2 bridgehead atoms. The van der Waals surface area contributed by atoms with Gasteiger partial charge in [0.2, 0.25) is 0 Å². The van der Waals surface area contributed by atoms with E-state index in [9.17, 15) is 9.90 Å². The molecule has 1 N–H and O–H groups in total. The van der Waals surface area contributed by atoms with Crippen LogP contribution in [0.4, 0.5) is 0 Å². The van der Waals surface area contributed by atoms with Crippen LogP contribution in [0.15, 0.2) is 0 Å². The van der Waals surface area contributed by atoms with Crippen LogP contribution in [0, 0.1) is 17.3 Å². The predicted octanol–water partition coefficient (Wildman–Crippen LogP) is 0.956. The molecule has 0 spiro atoms. The van der Waals surface area contributed by atoms with Crippen molar-refractivity contribution in [2.24, 2.45) is 17.3 Å². The Labute approximate surface area is 78.1 Å². The van der Waals surface area contributed by atoms with Crippen molar-refractivity contribution in [2.75, 3.05) is 7.11 Å². The van der Waals surface area contributed by atoms with Crippen LogP contribution < -0.4 is 0 Å². The lowest BCUT2D eigenvalue weighted by Gasteiger charge is -2.32. The van der Waals surface area contributed by atoms with Gasteiger partial charge in [0.25, 0.3) is 0 Å². The standard InChI is InChI=1S/C10H16O3/c1-10(9(12)13-2)5-6-3-7(10)4-8(6)11/h6-8,11H,3-5H2,1-2H3. The molecule has 0 radical (unpaired) electrons. The third kappa shape index (κ3) is 1.10. The summed E-state index contributed by atoms with van der Waals surface area (Å²) in [6, 6.07) is 0. The lowest BCUT2D eigenvalue weighted by molar-refractivity contribution is -0.156. The molecule has 4 atom stereocenters. The van der Waals surface area contributed by atoms with Crippen molar-refractivity contribution in [3.8, 4) is 0 Å². The van der Waals surface area contributed by atoms with E-state index in [2.05, 4.69) is 0 Å². The Balaban J connectivity index is 2.17. The number of rotatable bonds is 1. The van der Waals surface area contributed by atoms with Gasteiger partial charge in [-0.1, -0.05) is 0 Å². The molecule has 0 aromatic heterocycles. The van der Waals surface area contributed by atoms with Crippen molar-refractivity contribution in [1.29, 1.82) is 0 Å². The molecule has 74 valence electrons. The van der Waals surface area contributed by atoms with E-state index in [0.717, 1.165) is 19.3 Å². The monoisotopic (exact) mass is 184 g/mol. The zero-order valence-corrected chi connectivity index (χ0v) is 8.12. The molecule has 0 aliphatic heterocycles. The van der Waals surface area contributed by atoms with E-state index in [4.69, 9.17) is 4.74 Å². The highest BCUT2D eigenvalue weighted by Gasteiger charge is 2.56. The van der Waals surface area contributed by atoms with Crippen LogP contribution >= 0.6 is 0 Å². The predicted molar refractivity (Wildman–Crippen MR) is 47.0 cm³/mol. The van der Waals surface area contributed by atoms with E-state index in [1.807, 2.05) is 6.92 Å². The number of carbonyl (C=O) groups is 1. The van der Waals surface area contributed by atoms with Gasteiger partial charge in [-0.15, -0.1) is 0 Å². The van der Waals surface area contributed by atoms with E-state index >= 15 is 0 Å². The summed E-state index contributed by atoms with van der Waals surface area (Å²) in [5.41, 5.74) is -0.321. The van der Waals surface area contributed by atoms with Crippen molar-refractivity contribution in [3.05, 3.63) is 0 Å². The average molecular weight is 184 g/mol. The lowest BCUT2D eigenvalue weighted by atomic mass is 9.74. The molecule has 2 fully saturated rings. The fourth-order valence-corrected chi connectivity index (χ4v) is 3.04. The number of ether oxygens (including phenoxy) is 1. The van der Waals surface area contributed by atoms with Gasteiger partial charge in [-0.2, -0.15) is 0 Å². The summed E-state index contributed by atoms with van der Waals surface area (Å²) in [6.07, 6.45) is 2.39. The molecule has 2 aliphatic rings. The Morgan fingerprint density at radius 3 is 2.62 bits per heavy atom.